The second-order valence-electron chi connectivity index (χ2n) is 4.09. The van der Waals surface area contributed by atoms with Crippen LogP contribution in [0.2, 0.25) is 0 Å². The molecule has 0 bridgehead atoms. The Morgan fingerprint density at radius 1 is 1.50 bits per heavy atom. The summed E-state index contributed by atoms with van der Waals surface area (Å²) in [6.07, 6.45) is 2.22. The first-order valence-electron chi connectivity index (χ1n) is 5.56. The Morgan fingerprint density at radius 2 is 2.19 bits per heavy atom. The van der Waals surface area contributed by atoms with Crippen molar-refractivity contribution >= 4 is 11.4 Å². The van der Waals surface area contributed by atoms with E-state index < -0.39 is 0 Å². The molecule has 0 aliphatic rings. The molecule has 0 aromatic heterocycles. The Labute approximate surface area is 95.8 Å². The lowest BCUT2D eigenvalue weighted by molar-refractivity contribution is -0.385. The molecule has 1 unspecified atom stereocenters. The third-order valence-corrected chi connectivity index (χ3v) is 2.53. The van der Waals surface area contributed by atoms with Gasteiger partial charge in [0.2, 0.25) is 0 Å². The maximum atomic E-state index is 10.6. The Hall–Kier alpha value is -1.58. The summed E-state index contributed by atoms with van der Waals surface area (Å²) in [4.78, 5) is 10.3. The van der Waals surface area contributed by atoms with Crippen molar-refractivity contribution in [1.82, 2.24) is 0 Å². The molecular formula is C12H18N2O2. The lowest BCUT2D eigenvalue weighted by Crippen LogP contribution is -2.14. The third-order valence-electron chi connectivity index (χ3n) is 2.53. The normalized spacial score (nSPS) is 12.2. The molecule has 0 spiro atoms. The van der Waals surface area contributed by atoms with Crippen LogP contribution < -0.4 is 5.32 Å². The van der Waals surface area contributed by atoms with Gasteiger partial charge in [0.1, 0.15) is 0 Å². The van der Waals surface area contributed by atoms with E-state index in [9.17, 15) is 10.1 Å². The average Bonchev–Trinajstić information content (AvgIpc) is 2.17. The highest BCUT2D eigenvalue weighted by Gasteiger charge is 2.10. The zero-order valence-corrected chi connectivity index (χ0v) is 9.99. The van der Waals surface area contributed by atoms with Gasteiger partial charge in [0.25, 0.3) is 5.69 Å². The number of benzene rings is 1. The molecule has 88 valence electrons. The predicted molar refractivity (Wildman–Crippen MR) is 65.8 cm³/mol. The molecular weight excluding hydrogens is 204 g/mol. The van der Waals surface area contributed by atoms with Crippen LogP contribution in [0, 0.1) is 17.0 Å². The third kappa shape index (κ3) is 3.22. The van der Waals surface area contributed by atoms with Crippen molar-refractivity contribution in [2.24, 2.45) is 0 Å². The summed E-state index contributed by atoms with van der Waals surface area (Å²) >= 11 is 0. The van der Waals surface area contributed by atoms with Crippen LogP contribution in [0.4, 0.5) is 11.4 Å². The quantitative estimate of drug-likeness (QED) is 0.612. The van der Waals surface area contributed by atoms with Crippen LogP contribution >= 0.6 is 0 Å². The van der Waals surface area contributed by atoms with Gasteiger partial charge in [-0.2, -0.15) is 0 Å². The molecule has 1 aromatic rings. The summed E-state index contributed by atoms with van der Waals surface area (Å²) in [5.74, 6) is 0. The lowest BCUT2D eigenvalue weighted by Gasteiger charge is -2.14. The summed E-state index contributed by atoms with van der Waals surface area (Å²) in [6, 6.07) is 5.53. The number of nitro groups is 1. The van der Waals surface area contributed by atoms with Crippen molar-refractivity contribution in [3.63, 3.8) is 0 Å². The van der Waals surface area contributed by atoms with Crippen LogP contribution in [0.25, 0.3) is 0 Å². The maximum absolute atomic E-state index is 10.6. The van der Waals surface area contributed by atoms with Crippen LogP contribution in [0.1, 0.15) is 32.3 Å². The van der Waals surface area contributed by atoms with Gasteiger partial charge in [-0.3, -0.25) is 10.1 Å². The zero-order chi connectivity index (χ0) is 12.1. The van der Waals surface area contributed by atoms with Gasteiger partial charge >= 0.3 is 0 Å². The van der Waals surface area contributed by atoms with E-state index in [1.54, 1.807) is 19.1 Å². The SMILES string of the molecule is CCCC(C)Nc1ccc([N+](=O)[O-])c(C)c1. The summed E-state index contributed by atoms with van der Waals surface area (Å²) in [5.41, 5.74) is 1.82. The fourth-order valence-electron chi connectivity index (χ4n) is 1.74. The minimum absolute atomic E-state index is 0.175. The number of hydrogen-bond donors (Lipinski definition) is 1. The Morgan fingerprint density at radius 3 is 2.69 bits per heavy atom. The molecule has 0 radical (unpaired) electrons. The summed E-state index contributed by atoms with van der Waals surface area (Å²) in [6.45, 7) is 6.01. The molecule has 0 aliphatic heterocycles. The molecule has 0 saturated heterocycles. The molecule has 4 heteroatoms. The van der Waals surface area contributed by atoms with Crippen molar-refractivity contribution in [1.29, 1.82) is 0 Å². The summed E-state index contributed by atoms with van der Waals surface area (Å²) in [7, 11) is 0. The Balaban J connectivity index is 2.77. The maximum Gasteiger partial charge on any atom is 0.272 e. The summed E-state index contributed by atoms with van der Waals surface area (Å²) < 4.78 is 0. The fourth-order valence-corrected chi connectivity index (χ4v) is 1.74. The fraction of sp³-hybridized carbons (Fsp3) is 0.500. The lowest BCUT2D eigenvalue weighted by atomic mass is 10.1. The number of nitro benzene ring substituents is 1. The van der Waals surface area contributed by atoms with Crippen LogP contribution in [0.3, 0.4) is 0 Å². The number of nitrogens with one attached hydrogen (secondary N) is 1. The minimum atomic E-state index is -0.353. The van der Waals surface area contributed by atoms with Crippen LogP contribution in [0.15, 0.2) is 18.2 Å². The van der Waals surface area contributed by atoms with Crippen molar-refractivity contribution in [3.8, 4) is 0 Å². The van der Waals surface area contributed by atoms with E-state index in [2.05, 4.69) is 19.2 Å². The molecule has 1 aromatic carbocycles. The first-order valence-corrected chi connectivity index (χ1v) is 5.56. The Bertz CT molecular complexity index is 377. The van der Waals surface area contributed by atoms with Crippen molar-refractivity contribution < 1.29 is 4.92 Å². The average molecular weight is 222 g/mol. The molecule has 1 rings (SSSR count). The number of hydrogen-bond acceptors (Lipinski definition) is 3. The highest BCUT2D eigenvalue weighted by molar-refractivity contribution is 5.53. The van der Waals surface area contributed by atoms with Gasteiger partial charge < -0.3 is 5.32 Å². The molecule has 1 atom stereocenters. The summed E-state index contributed by atoms with van der Waals surface area (Å²) in [5, 5.41) is 14.0. The molecule has 1 N–H and O–H groups in total. The number of anilines is 1. The zero-order valence-electron chi connectivity index (χ0n) is 9.99. The number of rotatable bonds is 5. The van der Waals surface area contributed by atoms with Crippen LogP contribution in [0.5, 0.6) is 0 Å². The van der Waals surface area contributed by atoms with Crippen molar-refractivity contribution in [2.75, 3.05) is 5.32 Å². The van der Waals surface area contributed by atoms with Gasteiger partial charge in [-0.05, 0) is 32.4 Å². The van der Waals surface area contributed by atoms with Crippen LogP contribution in [-0.2, 0) is 0 Å². The second-order valence-corrected chi connectivity index (χ2v) is 4.09. The Kier molecular flexibility index (Phi) is 4.28. The van der Waals surface area contributed by atoms with E-state index >= 15 is 0 Å². The van der Waals surface area contributed by atoms with Gasteiger partial charge in [-0.25, -0.2) is 0 Å². The first-order chi connectivity index (χ1) is 7.54. The van der Waals surface area contributed by atoms with Gasteiger partial charge in [0.05, 0.1) is 4.92 Å². The highest BCUT2D eigenvalue weighted by Crippen LogP contribution is 2.22. The predicted octanol–water partition coefficient (Wildman–Crippen LogP) is 3.50. The van der Waals surface area contributed by atoms with Gasteiger partial charge in [0, 0.05) is 23.4 Å². The van der Waals surface area contributed by atoms with E-state index in [1.165, 1.54) is 0 Å². The standard InChI is InChI=1S/C12H18N2O2/c1-4-5-10(3)13-11-6-7-12(14(15)16)9(2)8-11/h6-8,10,13H,4-5H2,1-3H3. The number of aryl methyl sites for hydroxylation is 1. The van der Waals surface area contributed by atoms with Gasteiger partial charge in [0.15, 0.2) is 0 Å². The molecule has 0 amide bonds. The molecule has 16 heavy (non-hydrogen) atoms. The molecule has 0 heterocycles. The monoisotopic (exact) mass is 222 g/mol. The first kappa shape index (κ1) is 12.5. The van der Waals surface area contributed by atoms with Gasteiger partial charge in [-0.1, -0.05) is 13.3 Å². The molecule has 0 saturated carbocycles. The molecule has 0 fully saturated rings. The van der Waals surface area contributed by atoms with E-state index in [0.29, 0.717) is 11.6 Å². The van der Waals surface area contributed by atoms with E-state index in [4.69, 9.17) is 0 Å². The van der Waals surface area contributed by atoms with E-state index in [-0.39, 0.29) is 10.6 Å². The molecule has 4 nitrogen and oxygen atoms in total. The minimum Gasteiger partial charge on any atom is -0.383 e. The van der Waals surface area contributed by atoms with Gasteiger partial charge in [-0.15, -0.1) is 0 Å². The largest absolute Gasteiger partial charge is 0.383 e. The second kappa shape index (κ2) is 5.49. The van der Waals surface area contributed by atoms with Crippen molar-refractivity contribution in [2.45, 2.75) is 39.7 Å². The topological polar surface area (TPSA) is 55.2 Å². The van der Waals surface area contributed by atoms with E-state index in [0.717, 1.165) is 18.5 Å². The molecule has 0 aliphatic carbocycles. The van der Waals surface area contributed by atoms with Crippen LogP contribution in [-0.4, -0.2) is 11.0 Å². The highest BCUT2D eigenvalue weighted by atomic mass is 16.6. The number of nitrogens with zero attached hydrogens (tertiary/aromatic N) is 1. The van der Waals surface area contributed by atoms with E-state index in [1.807, 2.05) is 6.07 Å². The van der Waals surface area contributed by atoms with Crippen molar-refractivity contribution in [3.05, 3.63) is 33.9 Å². The smallest absolute Gasteiger partial charge is 0.272 e.